The fourth-order valence-corrected chi connectivity index (χ4v) is 4.30. The minimum atomic E-state index is -0.832. The van der Waals surface area contributed by atoms with E-state index in [1.165, 1.54) is 0 Å². The number of methoxy groups -OCH3 is 3. The second-order valence-corrected chi connectivity index (χ2v) is 7.67. The number of ether oxygens (including phenoxy) is 4. The average Bonchev–Trinajstić information content (AvgIpc) is 2.88. The van der Waals surface area contributed by atoms with E-state index in [-0.39, 0.29) is 0 Å². The molecule has 0 atom stereocenters. The lowest BCUT2D eigenvalue weighted by molar-refractivity contribution is 0.154. The molecule has 1 aliphatic heterocycles. The number of rotatable bonds is 5. The van der Waals surface area contributed by atoms with Gasteiger partial charge in [0.25, 0.3) is 0 Å². The number of hydrogen-bond donors (Lipinski definition) is 0. The smallest absolute Gasteiger partial charge is 0.178 e. The van der Waals surface area contributed by atoms with Crippen LogP contribution in [0.25, 0.3) is 16.8 Å². The summed E-state index contributed by atoms with van der Waals surface area (Å²) in [7, 11) is 5.00. The fraction of sp³-hybridized carbons (Fsp3) is 0.143. The van der Waals surface area contributed by atoms with Crippen molar-refractivity contribution in [3.63, 3.8) is 0 Å². The lowest BCUT2D eigenvalue weighted by Crippen LogP contribution is -2.34. The quantitative estimate of drug-likeness (QED) is 0.381. The summed E-state index contributed by atoms with van der Waals surface area (Å²) in [5.41, 5.74) is 2.15. The molecule has 4 nitrogen and oxygen atoms in total. The van der Waals surface area contributed by atoms with Crippen LogP contribution in [0.1, 0.15) is 16.7 Å². The highest BCUT2D eigenvalue weighted by atomic mass is 16.5. The van der Waals surface area contributed by atoms with Crippen molar-refractivity contribution in [2.75, 3.05) is 21.3 Å². The van der Waals surface area contributed by atoms with Crippen molar-refractivity contribution in [3.05, 3.63) is 102 Å². The van der Waals surface area contributed by atoms with E-state index in [1.54, 1.807) is 21.3 Å². The first-order chi connectivity index (χ1) is 15.7. The van der Waals surface area contributed by atoms with Gasteiger partial charge < -0.3 is 18.9 Å². The van der Waals surface area contributed by atoms with E-state index in [2.05, 4.69) is 24.3 Å². The second-order valence-electron chi connectivity index (χ2n) is 7.67. The first-order valence-corrected chi connectivity index (χ1v) is 10.5. The molecular weight excluding hydrogens is 400 g/mol. The molecule has 0 aromatic heterocycles. The molecule has 4 aromatic carbocycles. The van der Waals surface area contributed by atoms with Crippen LogP contribution in [0.3, 0.4) is 0 Å². The highest BCUT2D eigenvalue weighted by Gasteiger charge is 2.38. The second kappa shape index (κ2) is 7.97. The maximum atomic E-state index is 6.88. The van der Waals surface area contributed by atoms with Crippen molar-refractivity contribution in [1.82, 2.24) is 0 Å². The molecule has 0 bridgehead atoms. The Balaban J connectivity index is 1.74. The van der Waals surface area contributed by atoms with Crippen LogP contribution in [-0.2, 0) is 5.60 Å². The first kappa shape index (κ1) is 20.0. The van der Waals surface area contributed by atoms with Crippen LogP contribution in [0.5, 0.6) is 23.0 Å². The van der Waals surface area contributed by atoms with Gasteiger partial charge in [-0.05, 0) is 53.3 Å². The van der Waals surface area contributed by atoms with Crippen LogP contribution in [0.2, 0.25) is 0 Å². The van der Waals surface area contributed by atoms with Gasteiger partial charge in [0.1, 0.15) is 11.5 Å². The monoisotopic (exact) mass is 424 g/mol. The fourth-order valence-electron chi connectivity index (χ4n) is 4.30. The van der Waals surface area contributed by atoms with Gasteiger partial charge in [-0.3, -0.25) is 0 Å². The topological polar surface area (TPSA) is 36.9 Å². The Morgan fingerprint density at radius 2 is 1.28 bits per heavy atom. The summed E-state index contributed by atoms with van der Waals surface area (Å²) in [5.74, 6) is 3.01. The molecule has 4 aromatic rings. The number of hydrogen-bond acceptors (Lipinski definition) is 4. The largest absolute Gasteiger partial charge is 0.497 e. The highest BCUT2D eigenvalue weighted by Crippen LogP contribution is 2.48. The van der Waals surface area contributed by atoms with Crippen molar-refractivity contribution >= 4 is 16.8 Å². The Hall–Kier alpha value is -3.92. The Morgan fingerprint density at radius 3 is 1.84 bits per heavy atom. The van der Waals surface area contributed by atoms with E-state index in [9.17, 15) is 0 Å². The Morgan fingerprint density at radius 1 is 0.688 bits per heavy atom. The molecule has 0 amide bonds. The Labute approximate surface area is 187 Å². The van der Waals surface area contributed by atoms with E-state index in [0.717, 1.165) is 44.7 Å². The van der Waals surface area contributed by atoms with Crippen molar-refractivity contribution in [2.24, 2.45) is 0 Å². The molecule has 5 rings (SSSR count). The minimum absolute atomic E-state index is 0.703. The summed E-state index contributed by atoms with van der Waals surface area (Å²) in [6.07, 6.45) is 4.25. The van der Waals surface area contributed by atoms with Gasteiger partial charge in [-0.25, -0.2) is 0 Å². The van der Waals surface area contributed by atoms with Crippen molar-refractivity contribution in [1.29, 1.82) is 0 Å². The van der Waals surface area contributed by atoms with Gasteiger partial charge in [0.05, 0.1) is 21.3 Å². The normalized spacial score (nSPS) is 13.8. The Kier molecular flexibility index (Phi) is 4.98. The van der Waals surface area contributed by atoms with E-state index < -0.39 is 5.60 Å². The zero-order chi connectivity index (χ0) is 22.1. The molecule has 0 saturated carbocycles. The Bertz CT molecular complexity index is 1240. The standard InChI is InChI=1S/C28H24O4/c1-29-22-12-8-20(9-13-22)28(21-10-14-23(30-2)15-11-21)17-16-25-24-7-5-4-6-19(24)18-26(31-3)27(25)32-28/h4-18H,1-3H3. The summed E-state index contributed by atoms with van der Waals surface area (Å²) < 4.78 is 23.4. The molecule has 1 heterocycles. The minimum Gasteiger partial charge on any atom is -0.497 e. The van der Waals surface area contributed by atoms with Crippen molar-refractivity contribution in [2.45, 2.75) is 5.60 Å². The average molecular weight is 424 g/mol. The maximum Gasteiger partial charge on any atom is 0.178 e. The first-order valence-electron chi connectivity index (χ1n) is 10.5. The molecular formula is C28H24O4. The molecule has 4 heteroatoms. The molecule has 0 unspecified atom stereocenters. The SMILES string of the molecule is COc1ccc(C2(c3ccc(OC)cc3)C=Cc3c(c(OC)cc4ccccc34)O2)cc1. The van der Waals surface area contributed by atoms with Crippen LogP contribution >= 0.6 is 0 Å². The molecule has 1 aliphatic rings. The van der Waals surface area contributed by atoms with Crippen LogP contribution < -0.4 is 18.9 Å². The zero-order valence-corrected chi connectivity index (χ0v) is 18.3. The molecule has 0 fully saturated rings. The molecule has 32 heavy (non-hydrogen) atoms. The zero-order valence-electron chi connectivity index (χ0n) is 18.3. The molecule has 0 spiro atoms. The summed E-state index contributed by atoms with van der Waals surface area (Å²) >= 11 is 0. The third-order valence-corrected chi connectivity index (χ3v) is 6.01. The third kappa shape index (κ3) is 3.16. The van der Waals surface area contributed by atoms with Gasteiger partial charge in [-0.15, -0.1) is 0 Å². The summed E-state index contributed by atoms with van der Waals surface area (Å²) in [5, 5.41) is 2.23. The van der Waals surface area contributed by atoms with Crippen molar-refractivity contribution < 1.29 is 18.9 Å². The van der Waals surface area contributed by atoms with E-state index >= 15 is 0 Å². The maximum absolute atomic E-state index is 6.88. The van der Waals surface area contributed by atoms with Crippen LogP contribution in [0.15, 0.2) is 84.9 Å². The molecule has 0 aliphatic carbocycles. The van der Waals surface area contributed by atoms with Gasteiger partial charge in [-0.2, -0.15) is 0 Å². The van der Waals surface area contributed by atoms with Crippen LogP contribution in [0.4, 0.5) is 0 Å². The number of fused-ring (bicyclic) bond motifs is 3. The number of benzene rings is 4. The van der Waals surface area contributed by atoms with Gasteiger partial charge in [0.2, 0.25) is 0 Å². The summed E-state index contributed by atoms with van der Waals surface area (Å²) in [6.45, 7) is 0. The van der Waals surface area contributed by atoms with Gasteiger partial charge in [-0.1, -0.05) is 48.5 Å². The predicted octanol–water partition coefficient (Wildman–Crippen LogP) is 6.22. The van der Waals surface area contributed by atoms with Gasteiger partial charge >= 0.3 is 0 Å². The third-order valence-electron chi connectivity index (χ3n) is 6.01. The predicted molar refractivity (Wildman–Crippen MR) is 127 cm³/mol. The molecule has 0 radical (unpaired) electrons. The lowest BCUT2D eigenvalue weighted by Gasteiger charge is -2.37. The summed E-state index contributed by atoms with van der Waals surface area (Å²) in [4.78, 5) is 0. The summed E-state index contributed by atoms with van der Waals surface area (Å²) in [6, 6.07) is 26.2. The van der Waals surface area contributed by atoms with E-state index in [0.29, 0.717) is 5.75 Å². The molecule has 0 N–H and O–H groups in total. The van der Waals surface area contributed by atoms with Crippen LogP contribution in [-0.4, -0.2) is 21.3 Å². The van der Waals surface area contributed by atoms with E-state index in [1.807, 2.05) is 66.7 Å². The lowest BCUT2D eigenvalue weighted by atomic mass is 9.83. The molecule has 0 saturated heterocycles. The molecule has 160 valence electrons. The van der Waals surface area contributed by atoms with Crippen LogP contribution in [0, 0.1) is 0 Å². The highest BCUT2D eigenvalue weighted by molar-refractivity contribution is 5.96. The van der Waals surface area contributed by atoms with Gasteiger partial charge in [0, 0.05) is 16.7 Å². The van der Waals surface area contributed by atoms with E-state index in [4.69, 9.17) is 18.9 Å². The van der Waals surface area contributed by atoms with Gasteiger partial charge in [0.15, 0.2) is 17.1 Å². The van der Waals surface area contributed by atoms with Crippen molar-refractivity contribution in [3.8, 4) is 23.0 Å².